The third-order valence-electron chi connectivity index (χ3n) is 6.54. The first-order chi connectivity index (χ1) is 19.6. The Hall–Kier alpha value is -2.13. The normalized spacial score (nSPS) is 18.4. The summed E-state index contributed by atoms with van der Waals surface area (Å²) in [5.41, 5.74) is 1.48. The van der Waals surface area contributed by atoms with Gasteiger partial charge in [0.25, 0.3) is 0 Å². The number of nitrogens with zero attached hydrogens (tertiary/aromatic N) is 1. The Morgan fingerprint density at radius 3 is 2.56 bits per heavy atom. The quantitative estimate of drug-likeness (QED) is 0.232. The summed E-state index contributed by atoms with van der Waals surface area (Å²) < 4.78 is 17.5. The Bertz CT molecular complexity index is 1260. The van der Waals surface area contributed by atoms with E-state index in [4.69, 9.17) is 37.4 Å². The number of hydrogen-bond acceptors (Lipinski definition) is 8. The van der Waals surface area contributed by atoms with E-state index in [1.807, 2.05) is 22.6 Å². The molecule has 1 aliphatic carbocycles. The maximum atomic E-state index is 13.5. The molecule has 13 heteroatoms. The summed E-state index contributed by atoms with van der Waals surface area (Å²) in [6.07, 6.45) is -0.777. The molecule has 2 aromatic rings. The molecule has 2 aromatic carbocycles. The van der Waals surface area contributed by atoms with Gasteiger partial charge in [-0.3, -0.25) is 9.59 Å². The van der Waals surface area contributed by atoms with Crippen LogP contribution in [0.4, 0.5) is 0 Å². The van der Waals surface area contributed by atoms with Crippen LogP contribution in [0.3, 0.4) is 0 Å². The first-order valence-electron chi connectivity index (χ1n) is 12.8. The van der Waals surface area contributed by atoms with Crippen molar-refractivity contribution in [3.63, 3.8) is 0 Å². The molecular weight excluding hydrogens is 690 g/mol. The van der Waals surface area contributed by atoms with Crippen molar-refractivity contribution in [3.05, 3.63) is 66.7 Å². The standard InChI is InChI=1S/C28H33Cl2IN2O8/c1-39-8-5-25(36)33(14-17-3-4-19(29)13-20(17)30)22-11-18(28(38)32-6-7-34)12-23(26(22)37)41-27-21(31)9-16(15-35)10-24(27)40-2/h3-4,9-10,12-13,22-23,26,34-35,37H,5-8,11,14-15H2,1-2H3,(H,32,38)/t22-,23+,26+/m1/s1. The van der Waals surface area contributed by atoms with Gasteiger partial charge >= 0.3 is 0 Å². The van der Waals surface area contributed by atoms with Crippen molar-refractivity contribution >= 4 is 57.6 Å². The van der Waals surface area contributed by atoms with Gasteiger partial charge in [0.1, 0.15) is 12.2 Å². The monoisotopic (exact) mass is 722 g/mol. The molecule has 0 spiro atoms. The molecule has 0 aliphatic heterocycles. The van der Waals surface area contributed by atoms with Crippen molar-refractivity contribution in [2.24, 2.45) is 0 Å². The molecule has 0 fully saturated rings. The van der Waals surface area contributed by atoms with Gasteiger partial charge in [-0.1, -0.05) is 29.3 Å². The Morgan fingerprint density at radius 2 is 1.93 bits per heavy atom. The lowest BCUT2D eigenvalue weighted by Crippen LogP contribution is -2.55. The molecule has 0 radical (unpaired) electrons. The highest BCUT2D eigenvalue weighted by Gasteiger charge is 2.41. The van der Waals surface area contributed by atoms with Crippen LogP contribution in [0.2, 0.25) is 10.0 Å². The number of benzene rings is 2. The zero-order valence-corrected chi connectivity index (χ0v) is 26.3. The largest absolute Gasteiger partial charge is 0.493 e. The van der Waals surface area contributed by atoms with Gasteiger partial charge < -0.3 is 39.7 Å². The molecule has 3 atom stereocenters. The third-order valence-corrected chi connectivity index (χ3v) is 7.92. The van der Waals surface area contributed by atoms with Crippen molar-refractivity contribution in [1.82, 2.24) is 10.2 Å². The topological polar surface area (TPSA) is 138 Å². The van der Waals surface area contributed by atoms with E-state index in [0.29, 0.717) is 36.2 Å². The zero-order chi connectivity index (χ0) is 30.1. The number of hydrogen-bond donors (Lipinski definition) is 4. The maximum Gasteiger partial charge on any atom is 0.247 e. The number of ether oxygens (including phenoxy) is 3. The minimum atomic E-state index is -1.26. The summed E-state index contributed by atoms with van der Waals surface area (Å²) in [6, 6.07) is 7.36. The lowest BCUT2D eigenvalue weighted by molar-refractivity contribution is -0.140. The van der Waals surface area contributed by atoms with Crippen LogP contribution in [0, 0.1) is 3.57 Å². The van der Waals surface area contributed by atoms with Gasteiger partial charge in [0.05, 0.1) is 43.0 Å². The molecule has 0 saturated carbocycles. The second kappa shape index (κ2) is 15.9. The Balaban J connectivity index is 2.05. The minimum Gasteiger partial charge on any atom is -0.493 e. The fraction of sp³-hybridized carbons (Fsp3) is 0.429. The van der Waals surface area contributed by atoms with Crippen LogP contribution in [-0.2, 0) is 27.5 Å². The number of aliphatic hydroxyl groups excluding tert-OH is 3. The molecule has 224 valence electrons. The molecule has 0 unspecified atom stereocenters. The van der Waals surface area contributed by atoms with E-state index in [9.17, 15) is 24.9 Å². The van der Waals surface area contributed by atoms with Gasteiger partial charge in [-0.25, -0.2) is 0 Å². The molecule has 0 aromatic heterocycles. The van der Waals surface area contributed by atoms with Crippen molar-refractivity contribution in [1.29, 1.82) is 0 Å². The third kappa shape index (κ3) is 8.69. The summed E-state index contributed by atoms with van der Waals surface area (Å²) >= 11 is 14.5. The summed E-state index contributed by atoms with van der Waals surface area (Å²) in [6.45, 7) is -0.251. The zero-order valence-electron chi connectivity index (χ0n) is 22.6. The van der Waals surface area contributed by atoms with Gasteiger partial charge in [-0.05, 0) is 64.1 Å². The highest BCUT2D eigenvalue weighted by molar-refractivity contribution is 14.1. The molecule has 0 bridgehead atoms. The van der Waals surface area contributed by atoms with Crippen molar-refractivity contribution in [2.45, 2.75) is 44.2 Å². The van der Waals surface area contributed by atoms with Crippen LogP contribution in [0.25, 0.3) is 0 Å². The predicted octanol–water partition coefficient (Wildman–Crippen LogP) is 3.08. The van der Waals surface area contributed by atoms with Crippen LogP contribution in [-0.4, -0.2) is 84.3 Å². The number of rotatable bonds is 13. The van der Waals surface area contributed by atoms with Crippen LogP contribution >= 0.6 is 45.8 Å². The van der Waals surface area contributed by atoms with Gasteiger partial charge in [0, 0.05) is 42.2 Å². The summed E-state index contributed by atoms with van der Waals surface area (Å²) in [4.78, 5) is 28.0. The van der Waals surface area contributed by atoms with Gasteiger partial charge in [0.15, 0.2) is 11.5 Å². The molecule has 3 rings (SSSR count). The number of halogens is 3. The molecule has 4 N–H and O–H groups in total. The molecule has 0 saturated heterocycles. The Kier molecular flexibility index (Phi) is 13.0. The fourth-order valence-electron chi connectivity index (χ4n) is 4.45. The lowest BCUT2D eigenvalue weighted by atomic mass is 9.87. The van der Waals surface area contributed by atoms with E-state index >= 15 is 0 Å². The van der Waals surface area contributed by atoms with Crippen LogP contribution < -0.4 is 14.8 Å². The maximum absolute atomic E-state index is 13.5. The Morgan fingerprint density at radius 1 is 1.17 bits per heavy atom. The van der Waals surface area contributed by atoms with Crippen LogP contribution in [0.1, 0.15) is 24.0 Å². The van der Waals surface area contributed by atoms with E-state index in [1.165, 1.54) is 25.2 Å². The molecule has 41 heavy (non-hydrogen) atoms. The summed E-state index contributed by atoms with van der Waals surface area (Å²) in [5.74, 6) is -0.150. The van der Waals surface area contributed by atoms with Crippen LogP contribution in [0.15, 0.2) is 42.0 Å². The van der Waals surface area contributed by atoms with Gasteiger partial charge in [-0.2, -0.15) is 0 Å². The van der Waals surface area contributed by atoms with E-state index in [0.717, 1.165) is 0 Å². The van der Waals surface area contributed by atoms with Crippen molar-refractivity contribution in [3.8, 4) is 11.5 Å². The summed E-state index contributed by atoms with van der Waals surface area (Å²) in [7, 11) is 2.94. The number of amides is 2. The molecule has 1 aliphatic rings. The second-order valence-corrected chi connectivity index (χ2v) is 11.3. The van der Waals surface area contributed by atoms with Crippen LogP contribution in [0.5, 0.6) is 11.5 Å². The Labute approximate surface area is 262 Å². The molecule has 2 amide bonds. The van der Waals surface area contributed by atoms with E-state index in [2.05, 4.69) is 5.32 Å². The highest BCUT2D eigenvalue weighted by atomic mass is 127. The average molecular weight is 723 g/mol. The van der Waals surface area contributed by atoms with E-state index < -0.39 is 24.2 Å². The first kappa shape index (κ1) is 33.4. The minimum absolute atomic E-state index is 0.0138. The highest BCUT2D eigenvalue weighted by Crippen LogP contribution is 2.37. The molecular formula is C28H33Cl2IN2O8. The molecule has 10 nitrogen and oxygen atoms in total. The van der Waals surface area contributed by atoms with Crippen molar-refractivity contribution in [2.75, 3.05) is 34.0 Å². The fourth-order valence-corrected chi connectivity index (χ4v) is 5.71. The second-order valence-electron chi connectivity index (χ2n) is 9.28. The van der Waals surface area contributed by atoms with E-state index in [1.54, 1.807) is 30.3 Å². The van der Waals surface area contributed by atoms with E-state index in [-0.39, 0.29) is 57.2 Å². The first-order valence-corrected chi connectivity index (χ1v) is 14.6. The number of aliphatic hydroxyl groups is 3. The summed E-state index contributed by atoms with van der Waals surface area (Å²) in [5, 5.41) is 33.9. The average Bonchev–Trinajstić information content (AvgIpc) is 2.96. The predicted molar refractivity (Wildman–Crippen MR) is 162 cm³/mol. The van der Waals surface area contributed by atoms with Gasteiger partial charge in [0.2, 0.25) is 11.8 Å². The molecule has 0 heterocycles. The number of carbonyl (C=O) groups excluding carboxylic acids is 2. The number of nitrogens with one attached hydrogen (secondary N) is 1. The number of methoxy groups -OCH3 is 2. The number of carbonyl (C=O) groups is 2. The van der Waals surface area contributed by atoms with Crippen molar-refractivity contribution < 1.29 is 39.1 Å². The lowest BCUT2D eigenvalue weighted by Gasteiger charge is -2.41. The SMILES string of the molecule is COCCC(=O)N(Cc1ccc(Cl)cc1Cl)[C@@H]1CC(C(=O)NCCO)=C[C@H](Oc2c(I)cc(CO)cc2OC)[C@H]1O. The smallest absolute Gasteiger partial charge is 0.247 e. The van der Waals surface area contributed by atoms with Gasteiger partial charge in [-0.15, -0.1) is 0 Å².